The minimum absolute atomic E-state index is 0.0139. The number of para-hydroxylation sites is 1. The van der Waals surface area contributed by atoms with Crippen LogP contribution in [0.15, 0.2) is 24.3 Å². The number of carboxylic acid groups (broad SMARTS) is 1. The number of nitrogens with zero attached hydrogens (tertiary/aromatic N) is 4. The molecule has 0 atom stereocenters. The van der Waals surface area contributed by atoms with Crippen molar-refractivity contribution in [3.8, 4) is 5.75 Å². The molecule has 0 bridgehead atoms. The minimum Gasteiger partial charge on any atom is -0.907 e. The molecule has 0 aliphatic heterocycles. The highest BCUT2D eigenvalue weighted by atomic mass is 19.1. The van der Waals surface area contributed by atoms with E-state index in [-0.39, 0.29) is 11.3 Å². The monoisotopic (exact) mass is 693 g/mol. The first-order valence-electron chi connectivity index (χ1n) is 18.0. The van der Waals surface area contributed by atoms with Gasteiger partial charge in [0.2, 0.25) is 6.86 Å². The van der Waals surface area contributed by atoms with Crippen LogP contribution in [-0.2, 0) is 0 Å². The Kier molecular flexibility index (Phi) is 37.6. The summed E-state index contributed by atoms with van der Waals surface area (Å²) >= 11 is 0. The van der Waals surface area contributed by atoms with Crippen molar-refractivity contribution in [3.63, 3.8) is 0 Å². The van der Waals surface area contributed by atoms with Crippen LogP contribution in [0.1, 0.15) is 93.4 Å². The molecule has 0 aliphatic carbocycles. The van der Waals surface area contributed by atoms with Crippen molar-refractivity contribution in [2.75, 3.05) is 114 Å². The summed E-state index contributed by atoms with van der Waals surface area (Å²) in [7, 11) is 6.25. The van der Waals surface area contributed by atoms with Crippen molar-refractivity contribution < 1.29 is 52.0 Å². The second-order valence-corrected chi connectivity index (χ2v) is 12.6. The highest BCUT2D eigenvalue weighted by Crippen LogP contribution is 2.16. The lowest BCUT2D eigenvalue weighted by molar-refractivity contribution is -0.904. The van der Waals surface area contributed by atoms with Gasteiger partial charge in [-0.3, -0.25) is 7.32 Å². The smallest absolute Gasteiger partial charge is 0.228 e. The molecule has 0 saturated heterocycles. The molecule has 0 saturated carbocycles. The number of halogens is 1. The molecule has 48 heavy (non-hydrogen) atoms. The van der Waals surface area contributed by atoms with Crippen LogP contribution in [0.25, 0.3) is 0 Å². The van der Waals surface area contributed by atoms with Gasteiger partial charge in [0.05, 0.1) is 113 Å². The van der Waals surface area contributed by atoms with Crippen molar-refractivity contribution >= 4 is 13.3 Å². The van der Waals surface area contributed by atoms with Gasteiger partial charge in [-0.05, 0) is 95.2 Å². The maximum atomic E-state index is 11.7. The van der Waals surface area contributed by atoms with E-state index in [9.17, 15) is 14.3 Å². The van der Waals surface area contributed by atoms with Gasteiger partial charge in [-0.2, -0.15) is 0 Å². The topological polar surface area (TPSA) is 119 Å². The third kappa shape index (κ3) is 30.3. The van der Waals surface area contributed by atoms with Crippen LogP contribution in [-0.4, -0.2) is 145 Å². The summed E-state index contributed by atoms with van der Waals surface area (Å²) < 4.78 is 20.9. The summed E-state index contributed by atoms with van der Waals surface area (Å²) in [4.78, 5) is 10.4. The molecule has 0 fully saturated rings. The van der Waals surface area contributed by atoms with Crippen molar-refractivity contribution in [2.45, 2.75) is 83.1 Å². The van der Waals surface area contributed by atoms with Crippen LogP contribution in [0.4, 0.5) is 4.39 Å². The largest absolute Gasteiger partial charge is 0.907 e. The lowest BCUT2D eigenvalue weighted by Crippen LogP contribution is -2.56. The molecule has 0 spiro atoms. The zero-order valence-corrected chi connectivity index (χ0v) is 34.2. The quantitative estimate of drug-likeness (QED) is 0.206. The predicted molar refractivity (Wildman–Crippen MR) is 194 cm³/mol. The fourth-order valence-electron chi connectivity index (χ4n) is 3.50. The molecule has 1 rings (SSSR count). The maximum Gasteiger partial charge on any atom is 0.228 e. The van der Waals surface area contributed by atoms with Gasteiger partial charge in [0.25, 0.3) is 0 Å². The molecule has 0 radical (unpaired) electrons. The molecular weight excluding hydrogens is 614 g/mol. The van der Waals surface area contributed by atoms with E-state index < -0.39 is 20.2 Å². The Morgan fingerprint density at radius 1 is 0.562 bits per heavy atom. The minimum atomic E-state index is -2.92. The average molecular weight is 693 g/mol. The first kappa shape index (κ1) is 55.6. The van der Waals surface area contributed by atoms with Crippen LogP contribution < -0.4 is 24.9 Å². The van der Waals surface area contributed by atoms with E-state index in [0.717, 1.165) is 0 Å². The summed E-state index contributed by atoms with van der Waals surface area (Å²) in [6.45, 7) is 40.9. The maximum absolute atomic E-state index is 11.7. The van der Waals surface area contributed by atoms with Crippen LogP contribution in [0.2, 0.25) is 0 Å². The van der Waals surface area contributed by atoms with Crippen LogP contribution in [0.3, 0.4) is 0 Å². The fourth-order valence-corrected chi connectivity index (χ4v) is 3.50. The lowest BCUT2D eigenvalue weighted by Gasteiger charge is -2.35. The normalized spacial score (nSPS) is 10.9. The third-order valence-corrected chi connectivity index (χ3v) is 10.5. The van der Waals surface area contributed by atoms with E-state index in [2.05, 4.69) is 116 Å². The fraction of sp³-hybridized carbons (Fsp3) is 0.806. The van der Waals surface area contributed by atoms with Gasteiger partial charge >= 0.3 is 0 Å². The molecule has 0 amide bonds. The molecule has 1 aromatic carbocycles. The van der Waals surface area contributed by atoms with E-state index in [1.165, 1.54) is 115 Å². The molecular formula is C36H78BFN4O6. The van der Waals surface area contributed by atoms with E-state index in [1.807, 2.05) is 0 Å². The van der Waals surface area contributed by atoms with Crippen LogP contribution >= 0.6 is 0 Å². The molecule has 0 heterocycles. The Bertz CT molecular complexity index is 744. The van der Waals surface area contributed by atoms with Crippen LogP contribution in [0, 0.1) is 0 Å². The van der Waals surface area contributed by atoms with Gasteiger partial charge < -0.3 is 47.6 Å². The lowest BCUT2D eigenvalue weighted by atomic mass is 10.2. The second-order valence-electron chi connectivity index (χ2n) is 12.6. The van der Waals surface area contributed by atoms with Gasteiger partial charge in [-0.1, -0.05) is 12.1 Å². The Morgan fingerprint density at radius 2 is 0.771 bits per heavy atom. The molecule has 1 aromatic rings. The summed E-state index contributed by atoms with van der Waals surface area (Å²) in [6.07, 6.45) is 0. The van der Waals surface area contributed by atoms with Gasteiger partial charge in [-0.25, -0.2) is 4.39 Å². The number of rotatable bonds is 15. The van der Waals surface area contributed by atoms with E-state index in [4.69, 9.17) is 15.1 Å². The average Bonchev–Trinajstić information content (AvgIpc) is 3.11. The predicted octanol–water partition coefficient (Wildman–Crippen LogP) is 2.38. The van der Waals surface area contributed by atoms with Gasteiger partial charge in [0.1, 0.15) is 5.75 Å². The number of hydrogen-bond acceptors (Lipinski definition) is 6. The number of hydrogen-bond donors (Lipinski definition) is 0. The van der Waals surface area contributed by atoms with Gasteiger partial charge in [-0.15, -0.1) is 0 Å². The highest BCUT2D eigenvalue weighted by Gasteiger charge is 2.13. The summed E-state index contributed by atoms with van der Waals surface area (Å²) in [5.41, 5.74) is -0.143. The van der Waals surface area contributed by atoms with Crippen molar-refractivity contribution in [1.82, 2.24) is 0 Å². The molecule has 0 unspecified atom stereocenters. The molecule has 288 valence electrons. The van der Waals surface area contributed by atoms with Crippen molar-refractivity contribution in [3.05, 3.63) is 29.8 Å². The Morgan fingerprint density at radius 3 is 0.917 bits per heavy atom. The van der Waals surface area contributed by atoms with Crippen molar-refractivity contribution in [2.24, 2.45) is 0 Å². The first-order valence-corrected chi connectivity index (χ1v) is 18.0. The van der Waals surface area contributed by atoms with Gasteiger partial charge in [0.15, 0.2) is 0 Å². The van der Waals surface area contributed by atoms with E-state index in [0.29, 0.717) is 0 Å². The number of alkyl halides is 1. The number of carbonyl (C=O) groups excluding carboxylic acids is 1. The number of carbonyl (C=O) groups is 1. The number of quaternary nitrogens is 4. The van der Waals surface area contributed by atoms with Gasteiger partial charge in [0, 0.05) is 5.56 Å². The standard InChI is InChI=1S/C8H7FO3.4C7H18N.BO3/c9-5-12-7-4-2-1-3-6(7)8(10)11;4*1-5-8(4,6-2)7-3;2-1(3)4/h1-4H,5H2,(H,10,11);4*5-7H2,1-4H3;/q;4*+1;-3/p-1. The summed E-state index contributed by atoms with van der Waals surface area (Å²) in [6, 6.07) is 5.72. The number of aromatic carboxylic acids is 1. The van der Waals surface area contributed by atoms with Crippen LogP contribution in [0.5, 0.6) is 5.75 Å². The number of benzene rings is 1. The first-order chi connectivity index (χ1) is 22.2. The zero-order valence-electron chi connectivity index (χ0n) is 34.2. The second kappa shape index (κ2) is 32.4. The van der Waals surface area contributed by atoms with E-state index >= 15 is 0 Å². The Balaban J connectivity index is -0.000000158. The molecule has 0 N–H and O–H groups in total. The summed E-state index contributed by atoms with van der Waals surface area (Å²) in [5.74, 6) is -1.39. The third-order valence-electron chi connectivity index (χ3n) is 10.5. The Hall–Kier alpha value is -1.80. The van der Waals surface area contributed by atoms with E-state index in [1.54, 1.807) is 6.07 Å². The van der Waals surface area contributed by atoms with Crippen molar-refractivity contribution in [1.29, 1.82) is 0 Å². The summed E-state index contributed by atoms with van der Waals surface area (Å²) in [5, 5.41) is 35.6. The highest BCUT2D eigenvalue weighted by molar-refractivity contribution is 6.24. The number of carboxylic acids is 1. The number of ether oxygens (including phenoxy) is 1. The molecule has 0 aliphatic rings. The zero-order chi connectivity index (χ0) is 39.0. The molecule has 0 aromatic heterocycles. The Labute approximate surface area is 297 Å². The molecule has 10 nitrogen and oxygen atoms in total. The SMILES string of the molecule is CC[N+](C)(CC)CC.CC[N+](C)(CC)CC.CC[N+](C)(CC)CC.CC[N+](C)(CC)CC.O=C([O-])c1ccccc1OCF.[O-]B([O-])[O-]. The molecule has 12 heteroatoms.